The summed E-state index contributed by atoms with van der Waals surface area (Å²) in [6.07, 6.45) is 5.76. The Balaban J connectivity index is 1.74. The van der Waals surface area contributed by atoms with Gasteiger partial charge in [0.2, 0.25) is 0 Å². The highest BCUT2D eigenvalue weighted by atomic mass is 16.6. The standard InChI is InChI=1S/C20H17N3O2/c1-20(2)15-7-3-4-8-16(15)22-18(20)11-10-13-12-21-19-14(13)6-5-9-17(19)23(24)25/h3-12,21H,1-2H3/b11-10+. The number of non-ortho nitro benzene ring substituents is 1. The summed E-state index contributed by atoms with van der Waals surface area (Å²) in [7, 11) is 0. The van der Waals surface area contributed by atoms with Gasteiger partial charge in [-0.15, -0.1) is 0 Å². The molecule has 1 aliphatic heterocycles. The first kappa shape index (κ1) is 15.3. The van der Waals surface area contributed by atoms with Crippen molar-refractivity contribution in [2.45, 2.75) is 19.3 Å². The maximum atomic E-state index is 11.2. The lowest BCUT2D eigenvalue weighted by molar-refractivity contribution is -0.383. The molecule has 0 saturated carbocycles. The number of H-pyrrole nitrogens is 1. The zero-order valence-electron chi connectivity index (χ0n) is 14.0. The normalized spacial score (nSPS) is 15.5. The van der Waals surface area contributed by atoms with Crippen LogP contribution in [0.15, 0.2) is 59.7 Å². The van der Waals surface area contributed by atoms with E-state index < -0.39 is 0 Å². The molecule has 0 amide bonds. The molecule has 0 fully saturated rings. The molecule has 3 aromatic rings. The molecule has 25 heavy (non-hydrogen) atoms. The summed E-state index contributed by atoms with van der Waals surface area (Å²) >= 11 is 0. The Morgan fingerprint density at radius 1 is 1.12 bits per heavy atom. The number of aliphatic imine (C=N–C) groups is 1. The summed E-state index contributed by atoms with van der Waals surface area (Å²) in [5.41, 5.74) is 4.57. The van der Waals surface area contributed by atoms with Crippen LogP contribution in [0, 0.1) is 10.1 Å². The van der Waals surface area contributed by atoms with Crippen molar-refractivity contribution in [3.8, 4) is 0 Å². The Hall–Kier alpha value is -3.21. The van der Waals surface area contributed by atoms with E-state index in [4.69, 9.17) is 4.99 Å². The van der Waals surface area contributed by atoms with Crippen LogP contribution in [0.3, 0.4) is 0 Å². The maximum absolute atomic E-state index is 11.2. The van der Waals surface area contributed by atoms with Crippen molar-refractivity contribution in [3.05, 3.63) is 76.0 Å². The van der Waals surface area contributed by atoms with Crippen molar-refractivity contribution in [2.24, 2.45) is 4.99 Å². The zero-order chi connectivity index (χ0) is 17.6. The molecule has 5 heteroatoms. The number of rotatable bonds is 3. The van der Waals surface area contributed by atoms with Crippen molar-refractivity contribution in [2.75, 3.05) is 0 Å². The zero-order valence-corrected chi connectivity index (χ0v) is 14.0. The van der Waals surface area contributed by atoms with E-state index >= 15 is 0 Å². The summed E-state index contributed by atoms with van der Waals surface area (Å²) in [5.74, 6) is 0. The average molecular weight is 331 g/mol. The van der Waals surface area contributed by atoms with Crippen molar-refractivity contribution >= 4 is 34.1 Å². The second-order valence-electron chi connectivity index (χ2n) is 6.67. The molecule has 0 atom stereocenters. The van der Waals surface area contributed by atoms with Crippen LogP contribution >= 0.6 is 0 Å². The number of nitrogens with zero attached hydrogens (tertiary/aromatic N) is 2. The fourth-order valence-corrected chi connectivity index (χ4v) is 3.37. The quantitative estimate of drug-likeness (QED) is 0.532. The monoisotopic (exact) mass is 331 g/mol. The van der Waals surface area contributed by atoms with Crippen LogP contribution in [-0.4, -0.2) is 15.6 Å². The number of benzene rings is 2. The molecule has 1 N–H and O–H groups in total. The molecule has 2 aromatic carbocycles. The number of para-hydroxylation sites is 2. The highest BCUT2D eigenvalue weighted by Gasteiger charge is 2.32. The number of fused-ring (bicyclic) bond motifs is 2. The second-order valence-corrected chi connectivity index (χ2v) is 6.67. The average Bonchev–Trinajstić information content (AvgIpc) is 3.12. The van der Waals surface area contributed by atoms with E-state index in [0.29, 0.717) is 5.52 Å². The van der Waals surface area contributed by atoms with Crippen molar-refractivity contribution < 1.29 is 4.92 Å². The lowest BCUT2D eigenvalue weighted by Crippen LogP contribution is -2.23. The molecule has 0 saturated heterocycles. The minimum absolute atomic E-state index is 0.0862. The molecule has 0 aliphatic carbocycles. The first-order valence-electron chi connectivity index (χ1n) is 8.10. The van der Waals surface area contributed by atoms with Gasteiger partial charge < -0.3 is 4.98 Å². The Labute approximate surface area is 144 Å². The summed E-state index contributed by atoms with van der Waals surface area (Å²) in [5, 5.41) is 12.0. The number of nitro benzene ring substituents is 1. The Morgan fingerprint density at radius 3 is 2.68 bits per heavy atom. The highest BCUT2D eigenvalue weighted by molar-refractivity contribution is 6.11. The van der Waals surface area contributed by atoms with Crippen LogP contribution in [0.1, 0.15) is 25.0 Å². The predicted octanol–water partition coefficient (Wildman–Crippen LogP) is 5.15. The fraction of sp³-hybridized carbons (Fsp3) is 0.150. The van der Waals surface area contributed by atoms with Gasteiger partial charge in [0, 0.05) is 28.6 Å². The van der Waals surface area contributed by atoms with E-state index in [-0.39, 0.29) is 16.0 Å². The number of nitrogens with one attached hydrogen (secondary N) is 1. The first-order chi connectivity index (χ1) is 12.0. The topological polar surface area (TPSA) is 71.3 Å². The summed E-state index contributed by atoms with van der Waals surface area (Å²) < 4.78 is 0. The Bertz CT molecular complexity index is 1060. The van der Waals surface area contributed by atoms with Crippen LogP contribution in [0.4, 0.5) is 11.4 Å². The molecule has 5 nitrogen and oxygen atoms in total. The number of hydrogen-bond acceptors (Lipinski definition) is 3. The van der Waals surface area contributed by atoms with Gasteiger partial charge in [0.05, 0.1) is 16.3 Å². The largest absolute Gasteiger partial charge is 0.355 e. The Morgan fingerprint density at radius 2 is 1.92 bits per heavy atom. The van der Waals surface area contributed by atoms with Crippen LogP contribution in [0.25, 0.3) is 17.0 Å². The maximum Gasteiger partial charge on any atom is 0.293 e. The number of aromatic amines is 1. The molecule has 0 radical (unpaired) electrons. The molecule has 1 aliphatic rings. The number of allylic oxidation sites excluding steroid dienone is 1. The second kappa shape index (κ2) is 5.41. The van der Waals surface area contributed by atoms with E-state index in [2.05, 4.69) is 24.9 Å². The van der Waals surface area contributed by atoms with Gasteiger partial charge in [-0.05, 0) is 17.7 Å². The molecule has 4 rings (SSSR count). The van der Waals surface area contributed by atoms with E-state index in [1.165, 1.54) is 11.6 Å². The van der Waals surface area contributed by atoms with Gasteiger partial charge in [-0.2, -0.15) is 0 Å². The van der Waals surface area contributed by atoms with E-state index in [0.717, 1.165) is 22.3 Å². The van der Waals surface area contributed by atoms with Crippen molar-refractivity contribution in [1.29, 1.82) is 0 Å². The lowest BCUT2D eigenvalue weighted by atomic mass is 9.81. The van der Waals surface area contributed by atoms with Gasteiger partial charge >= 0.3 is 0 Å². The molecule has 0 bridgehead atoms. The van der Waals surface area contributed by atoms with Gasteiger partial charge in [0.1, 0.15) is 5.52 Å². The van der Waals surface area contributed by atoms with Gasteiger partial charge in [-0.25, -0.2) is 0 Å². The third kappa shape index (κ3) is 2.36. The molecular weight excluding hydrogens is 314 g/mol. The molecule has 0 spiro atoms. The number of aromatic nitrogens is 1. The Kier molecular flexibility index (Phi) is 3.32. The third-order valence-electron chi connectivity index (χ3n) is 4.80. The fourth-order valence-electron chi connectivity index (χ4n) is 3.37. The summed E-state index contributed by atoms with van der Waals surface area (Å²) in [6.45, 7) is 4.31. The van der Waals surface area contributed by atoms with Gasteiger partial charge in [-0.3, -0.25) is 15.1 Å². The molecular formula is C20H17N3O2. The van der Waals surface area contributed by atoms with E-state index in [9.17, 15) is 10.1 Å². The molecule has 1 aromatic heterocycles. The SMILES string of the molecule is CC1(C)C(/C=C/c2c[nH]c3c([N+](=O)[O-])cccc23)=Nc2ccccc21. The van der Waals surface area contributed by atoms with Gasteiger partial charge in [0.15, 0.2) is 0 Å². The number of nitro groups is 1. The number of hydrogen-bond donors (Lipinski definition) is 1. The third-order valence-corrected chi connectivity index (χ3v) is 4.80. The summed E-state index contributed by atoms with van der Waals surface area (Å²) in [4.78, 5) is 18.5. The minimum Gasteiger partial charge on any atom is -0.355 e. The van der Waals surface area contributed by atoms with Crippen LogP contribution < -0.4 is 0 Å². The van der Waals surface area contributed by atoms with Crippen LogP contribution in [-0.2, 0) is 5.41 Å². The van der Waals surface area contributed by atoms with Crippen LogP contribution in [0.2, 0.25) is 0 Å². The lowest BCUT2D eigenvalue weighted by Gasteiger charge is -2.20. The van der Waals surface area contributed by atoms with E-state index in [1.807, 2.05) is 36.4 Å². The summed E-state index contributed by atoms with van der Waals surface area (Å²) in [6, 6.07) is 13.2. The van der Waals surface area contributed by atoms with E-state index in [1.54, 1.807) is 12.3 Å². The smallest absolute Gasteiger partial charge is 0.293 e. The molecule has 2 heterocycles. The first-order valence-corrected chi connectivity index (χ1v) is 8.10. The van der Waals surface area contributed by atoms with Gasteiger partial charge in [0.25, 0.3) is 5.69 Å². The highest BCUT2D eigenvalue weighted by Crippen LogP contribution is 2.40. The van der Waals surface area contributed by atoms with Crippen LogP contribution in [0.5, 0.6) is 0 Å². The van der Waals surface area contributed by atoms with Crippen molar-refractivity contribution in [1.82, 2.24) is 4.98 Å². The predicted molar refractivity (Wildman–Crippen MR) is 101 cm³/mol. The van der Waals surface area contributed by atoms with Gasteiger partial charge in [-0.1, -0.05) is 50.3 Å². The molecule has 124 valence electrons. The molecule has 0 unspecified atom stereocenters. The van der Waals surface area contributed by atoms with Crippen molar-refractivity contribution in [3.63, 3.8) is 0 Å². The minimum atomic E-state index is -0.368.